The zero-order chi connectivity index (χ0) is 21.2. The number of hydrogen-bond donors (Lipinski definition) is 1. The van der Waals surface area contributed by atoms with Crippen molar-refractivity contribution >= 4 is 16.7 Å². The molecule has 0 unspecified atom stereocenters. The number of aromatic nitrogens is 3. The van der Waals surface area contributed by atoms with E-state index >= 15 is 0 Å². The summed E-state index contributed by atoms with van der Waals surface area (Å²) < 4.78 is 16.3. The number of H-pyrrole nitrogens is 1. The molecular weight excluding hydrogens is 368 g/mol. The van der Waals surface area contributed by atoms with Crippen molar-refractivity contribution < 1.29 is 14.2 Å². The lowest BCUT2D eigenvalue weighted by molar-refractivity contribution is 0.324. The topological polar surface area (TPSA) is 93.1 Å². The third kappa shape index (κ3) is 3.61. The number of allylic oxidation sites excluding steroid dienone is 1. The predicted molar refractivity (Wildman–Crippen MR) is 112 cm³/mol. The minimum absolute atomic E-state index is 0.360. The van der Waals surface area contributed by atoms with E-state index in [-0.39, 0.29) is 5.41 Å². The first kappa shape index (κ1) is 20.2. The highest BCUT2D eigenvalue weighted by Crippen LogP contribution is 2.42. The van der Waals surface area contributed by atoms with E-state index in [2.05, 4.69) is 22.6 Å². The monoisotopic (exact) mass is 392 g/mol. The van der Waals surface area contributed by atoms with E-state index in [0.717, 1.165) is 16.7 Å². The second-order valence-electron chi connectivity index (χ2n) is 7.27. The number of aromatic amines is 1. The van der Waals surface area contributed by atoms with Crippen LogP contribution in [-0.4, -0.2) is 36.3 Å². The molecule has 0 spiro atoms. The number of hydrogen-bond acceptors (Lipinski definition) is 6. The second-order valence-corrected chi connectivity index (χ2v) is 7.27. The molecule has 0 aliphatic rings. The number of nitriles is 1. The van der Waals surface area contributed by atoms with Crippen molar-refractivity contribution in [3.63, 3.8) is 0 Å². The molecule has 2 aromatic heterocycles. The second kappa shape index (κ2) is 7.84. The number of fused-ring (bicyclic) bond motifs is 1. The van der Waals surface area contributed by atoms with Crippen LogP contribution >= 0.6 is 0 Å². The third-order valence-corrected chi connectivity index (χ3v) is 5.00. The molecule has 2 heterocycles. The summed E-state index contributed by atoms with van der Waals surface area (Å²) in [5.41, 5.74) is 4.10. The molecule has 0 fully saturated rings. The predicted octanol–water partition coefficient (Wildman–Crippen LogP) is 4.60. The summed E-state index contributed by atoms with van der Waals surface area (Å²) >= 11 is 0. The van der Waals surface area contributed by atoms with Gasteiger partial charge < -0.3 is 19.2 Å². The Labute approximate surface area is 170 Å². The van der Waals surface area contributed by atoms with Gasteiger partial charge in [0.05, 0.1) is 39.3 Å². The largest absolute Gasteiger partial charge is 0.493 e. The Morgan fingerprint density at radius 2 is 1.83 bits per heavy atom. The fourth-order valence-corrected chi connectivity index (χ4v) is 3.16. The van der Waals surface area contributed by atoms with Gasteiger partial charge in [-0.3, -0.25) is 0 Å². The smallest absolute Gasteiger partial charge is 0.203 e. The standard InChI is InChI=1S/C22H24N4O3/c1-13(22(2,3)7-8-23)15-11-24-21-19(15)26-16(12-25-21)14-9-17(27-4)20(29-6)18(10-14)28-5/h9-12H,1,7H2,2-6H3,(H,24,25). The number of ether oxygens (including phenoxy) is 3. The molecule has 0 amide bonds. The first-order valence-electron chi connectivity index (χ1n) is 9.07. The van der Waals surface area contributed by atoms with Crippen LogP contribution in [0.2, 0.25) is 0 Å². The Balaban J connectivity index is 2.14. The molecule has 0 saturated heterocycles. The average molecular weight is 392 g/mol. The average Bonchev–Trinajstić information content (AvgIpc) is 3.14. The molecule has 0 bridgehead atoms. The van der Waals surface area contributed by atoms with Crippen LogP contribution in [0.25, 0.3) is 28.0 Å². The van der Waals surface area contributed by atoms with E-state index in [1.54, 1.807) is 27.5 Å². The SMILES string of the molecule is C=C(c1c[nH]c2ncc(-c3cc(OC)c(OC)c(OC)c3)nc12)C(C)(C)CC#N. The van der Waals surface area contributed by atoms with E-state index < -0.39 is 0 Å². The summed E-state index contributed by atoms with van der Waals surface area (Å²) in [7, 11) is 4.70. The minimum atomic E-state index is -0.381. The quantitative estimate of drug-likeness (QED) is 0.631. The van der Waals surface area contributed by atoms with Gasteiger partial charge in [0.25, 0.3) is 0 Å². The lowest BCUT2D eigenvalue weighted by Crippen LogP contribution is -2.12. The van der Waals surface area contributed by atoms with Gasteiger partial charge in [0.2, 0.25) is 5.75 Å². The molecule has 7 heteroatoms. The maximum atomic E-state index is 9.13. The highest BCUT2D eigenvalue weighted by molar-refractivity contribution is 5.89. The van der Waals surface area contributed by atoms with Crippen molar-refractivity contribution in [2.75, 3.05) is 21.3 Å². The van der Waals surface area contributed by atoms with Gasteiger partial charge in [0.1, 0.15) is 5.52 Å². The molecule has 1 N–H and O–H groups in total. The highest BCUT2D eigenvalue weighted by atomic mass is 16.5. The minimum Gasteiger partial charge on any atom is -0.493 e. The number of methoxy groups -OCH3 is 3. The van der Waals surface area contributed by atoms with Gasteiger partial charge in [-0.25, -0.2) is 9.97 Å². The lowest BCUT2D eigenvalue weighted by atomic mass is 9.79. The summed E-state index contributed by atoms with van der Waals surface area (Å²) in [6.07, 6.45) is 3.89. The van der Waals surface area contributed by atoms with Crippen molar-refractivity contribution in [2.24, 2.45) is 5.41 Å². The molecule has 29 heavy (non-hydrogen) atoms. The summed E-state index contributed by atoms with van der Waals surface area (Å²) in [5, 5.41) is 9.13. The third-order valence-electron chi connectivity index (χ3n) is 5.00. The van der Waals surface area contributed by atoms with Crippen molar-refractivity contribution in [1.29, 1.82) is 5.26 Å². The number of rotatable bonds is 7. The van der Waals surface area contributed by atoms with Crippen molar-refractivity contribution in [3.8, 4) is 34.6 Å². The van der Waals surface area contributed by atoms with Gasteiger partial charge in [-0.15, -0.1) is 0 Å². The molecule has 0 aliphatic carbocycles. The summed E-state index contributed by atoms with van der Waals surface area (Å²) in [4.78, 5) is 12.5. The van der Waals surface area contributed by atoms with E-state index in [1.807, 2.05) is 32.2 Å². The Kier molecular flexibility index (Phi) is 5.46. The summed E-state index contributed by atoms with van der Waals surface area (Å²) in [6, 6.07) is 5.89. The zero-order valence-electron chi connectivity index (χ0n) is 17.3. The number of nitrogens with zero attached hydrogens (tertiary/aromatic N) is 3. The normalized spacial score (nSPS) is 11.2. The van der Waals surface area contributed by atoms with Gasteiger partial charge in [-0.05, 0) is 17.7 Å². The first-order chi connectivity index (χ1) is 13.9. The van der Waals surface area contributed by atoms with Gasteiger partial charge in [0.15, 0.2) is 17.1 Å². The maximum Gasteiger partial charge on any atom is 0.203 e. The van der Waals surface area contributed by atoms with Crippen molar-refractivity contribution in [1.82, 2.24) is 15.0 Å². The van der Waals surface area contributed by atoms with Crippen LogP contribution in [0.4, 0.5) is 0 Å². The van der Waals surface area contributed by atoms with Gasteiger partial charge in [-0.2, -0.15) is 5.26 Å². The maximum absolute atomic E-state index is 9.13. The van der Waals surface area contributed by atoms with Gasteiger partial charge >= 0.3 is 0 Å². The van der Waals surface area contributed by atoms with Crippen LogP contribution in [0.3, 0.4) is 0 Å². The molecule has 0 atom stereocenters. The number of nitrogens with one attached hydrogen (secondary N) is 1. The molecule has 3 rings (SSSR count). The number of benzene rings is 1. The molecule has 0 aliphatic heterocycles. The Morgan fingerprint density at radius 3 is 2.38 bits per heavy atom. The molecule has 3 aromatic rings. The summed E-state index contributed by atoms with van der Waals surface area (Å²) in [6.45, 7) is 8.21. The Hall–Kier alpha value is -3.53. The molecule has 1 aromatic carbocycles. The lowest BCUT2D eigenvalue weighted by Gasteiger charge is -2.23. The molecule has 7 nitrogen and oxygen atoms in total. The van der Waals surface area contributed by atoms with Gasteiger partial charge in [-0.1, -0.05) is 20.4 Å². The fourth-order valence-electron chi connectivity index (χ4n) is 3.16. The van der Waals surface area contributed by atoms with Crippen LogP contribution in [-0.2, 0) is 0 Å². The highest BCUT2D eigenvalue weighted by Gasteiger charge is 2.26. The Morgan fingerprint density at radius 1 is 1.17 bits per heavy atom. The van der Waals surface area contributed by atoms with E-state index in [4.69, 9.17) is 24.5 Å². The van der Waals surface area contributed by atoms with Crippen molar-refractivity contribution in [3.05, 3.63) is 36.7 Å². The van der Waals surface area contributed by atoms with Gasteiger partial charge in [0, 0.05) is 29.2 Å². The molecule has 0 radical (unpaired) electrons. The van der Waals surface area contributed by atoms with E-state index in [0.29, 0.717) is 40.5 Å². The molecular formula is C22H24N4O3. The first-order valence-corrected chi connectivity index (χ1v) is 9.07. The van der Waals surface area contributed by atoms with Crippen LogP contribution in [0, 0.1) is 16.7 Å². The molecule has 150 valence electrons. The molecule has 0 saturated carbocycles. The Bertz CT molecular complexity index is 1080. The van der Waals surface area contributed by atoms with E-state index in [9.17, 15) is 0 Å². The zero-order valence-corrected chi connectivity index (χ0v) is 17.3. The van der Waals surface area contributed by atoms with Crippen molar-refractivity contribution in [2.45, 2.75) is 20.3 Å². The summed E-state index contributed by atoms with van der Waals surface area (Å²) in [5.74, 6) is 1.59. The van der Waals surface area contributed by atoms with Crippen LogP contribution in [0.5, 0.6) is 17.2 Å². The van der Waals surface area contributed by atoms with E-state index in [1.165, 1.54) is 0 Å². The van der Waals surface area contributed by atoms with Crippen LogP contribution in [0.15, 0.2) is 31.1 Å². The fraction of sp³-hybridized carbons (Fsp3) is 0.318. The van der Waals surface area contributed by atoms with Crippen LogP contribution < -0.4 is 14.2 Å². The van der Waals surface area contributed by atoms with Crippen LogP contribution in [0.1, 0.15) is 25.8 Å².